The van der Waals surface area contributed by atoms with Gasteiger partial charge in [0.2, 0.25) is 0 Å². The van der Waals surface area contributed by atoms with E-state index in [2.05, 4.69) is 63.9 Å². The highest BCUT2D eigenvalue weighted by Crippen LogP contribution is 2.22. The summed E-state index contributed by atoms with van der Waals surface area (Å²) in [4.78, 5) is 1.33. The van der Waals surface area contributed by atoms with Gasteiger partial charge in [-0.2, -0.15) is 5.10 Å². The Hall–Kier alpha value is -0.650. The molecule has 1 atom stereocenters. The Morgan fingerprint density at radius 1 is 1.44 bits per heavy atom. The lowest BCUT2D eigenvalue weighted by Crippen LogP contribution is -2.13. The van der Waals surface area contributed by atoms with Gasteiger partial charge in [0, 0.05) is 34.7 Å². The van der Waals surface area contributed by atoms with Crippen LogP contribution in [0.5, 0.6) is 0 Å². The van der Waals surface area contributed by atoms with Gasteiger partial charge in [0.15, 0.2) is 0 Å². The Morgan fingerprint density at radius 2 is 2.28 bits per heavy atom. The smallest absolute Gasteiger partial charge is 0.0762 e. The number of thiophene rings is 1. The lowest BCUT2D eigenvalue weighted by Gasteiger charge is -2.08. The molecule has 0 fully saturated rings. The highest BCUT2D eigenvalue weighted by Gasteiger charge is 2.05. The summed E-state index contributed by atoms with van der Waals surface area (Å²) in [6, 6.07) is 4.65. The molecule has 1 N–H and O–H groups in total. The first-order chi connectivity index (χ1) is 8.70. The van der Waals surface area contributed by atoms with Crippen LogP contribution in [-0.4, -0.2) is 9.78 Å². The third-order valence-corrected chi connectivity index (χ3v) is 4.92. The summed E-state index contributed by atoms with van der Waals surface area (Å²) in [5.74, 6) is 0. The summed E-state index contributed by atoms with van der Waals surface area (Å²) in [5, 5.41) is 10.1. The van der Waals surface area contributed by atoms with Crippen LogP contribution in [0.3, 0.4) is 0 Å². The van der Waals surface area contributed by atoms with Crippen LogP contribution in [-0.2, 0) is 13.1 Å². The van der Waals surface area contributed by atoms with Gasteiger partial charge in [-0.05, 0) is 46.8 Å². The molecule has 0 amide bonds. The molecular formula is C13H18BrN3S. The standard InChI is InChI=1S/C13H18BrN3S/c1-3-10(2)17-6-4-11(16-17)8-15-9-13-12(14)5-7-18-13/h4-7,10,15H,3,8-9H2,1-2H3. The fourth-order valence-electron chi connectivity index (χ4n) is 1.66. The lowest BCUT2D eigenvalue weighted by molar-refractivity contribution is 0.471. The summed E-state index contributed by atoms with van der Waals surface area (Å²) in [6.07, 6.45) is 3.17. The molecule has 98 valence electrons. The topological polar surface area (TPSA) is 29.9 Å². The molecule has 2 aromatic rings. The SMILES string of the molecule is CCC(C)n1ccc(CNCc2sccc2Br)n1. The summed E-state index contributed by atoms with van der Waals surface area (Å²) in [7, 11) is 0. The highest BCUT2D eigenvalue weighted by atomic mass is 79.9. The van der Waals surface area contributed by atoms with Crippen LogP contribution in [0, 0.1) is 0 Å². The van der Waals surface area contributed by atoms with Crippen molar-refractivity contribution in [2.24, 2.45) is 0 Å². The maximum Gasteiger partial charge on any atom is 0.0762 e. The number of halogens is 1. The van der Waals surface area contributed by atoms with E-state index in [4.69, 9.17) is 0 Å². The van der Waals surface area contributed by atoms with E-state index in [1.807, 2.05) is 4.68 Å². The molecule has 0 aliphatic carbocycles. The van der Waals surface area contributed by atoms with Crippen molar-refractivity contribution >= 4 is 27.3 Å². The van der Waals surface area contributed by atoms with Gasteiger partial charge in [0.1, 0.15) is 0 Å². The normalized spacial score (nSPS) is 12.8. The highest BCUT2D eigenvalue weighted by molar-refractivity contribution is 9.10. The zero-order chi connectivity index (χ0) is 13.0. The van der Waals surface area contributed by atoms with E-state index in [1.54, 1.807) is 11.3 Å². The molecule has 0 aliphatic heterocycles. The molecule has 0 aliphatic rings. The Kier molecular flexibility index (Phi) is 4.97. The molecule has 2 aromatic heterocycles. The first-order valence-corrected chi connectivity index (χ1v) is 7.84. The van der Waals surface area contributed by atoms with Crippen molar-refractivity contribution in [3.63, 3.8) is 0 Å². The average Bonchev–Trinajstić information content (AvgIpc) is 2.99. The third-order valence-electron chi connectivity index (χ3n) is 2.99. The fourth-order valence-corrected chi connectivity index (χ4v) is 3.12. The Bertz CT molecular complexity index is 492. The van der Waals surface area contributed by atoms with Crippen LogP contribution in [0.15, 0.2) is 28.2 Å². The monoisotopic (exact) mass is 327 g/mol. The summed E-state index contributed by atoms with van der Waals surface area (Å²) >= 11 is 5.30. The number of aromatic nitrogens is 2. The minimum absolute atomic E-state index is 0.477. The van der Waals surface area contributed by atoms with Gasteiger partial charge >= 0.3 is 0 Å². The number of nitrogens with one attached hydrogen (secondary N) is 1. The second kappa shape index (κ2) is 6.50. The van der Waals surface area contributed by atoms with E-state index in [9.17, 15) is 0 Å². The third kappa shape index (κ3) is 3.43. The molecule has 0 radical (unpaired) electrons. The number of hydrogen-bond donors (Lipinski definition) is 1. The molecule has 2 rings (SSSR count). The van der Waals surface area contributed by atoms with Gasteiger partial charge < -0.3 is 5.32 Å². The Morgan fingerprint density at radius 3 is 2.94 bits per heavy atom. The van der Waals surface area contributed by atoms with Gasteiger partial charge in [0.05, 0.1) is 5.69 Å². The van der Waals surface area contributed by atoms with E-state index in [0.29, 0.717) is 6.04 Å². The molecule has 3 nitrogen and oxygen atoms in total. The van der Waals surface area contributed by atoms with E-state index in [1.165, 1.54) is 9.35 Å². The van der Waals surface area contributed by atoms with E-state index < -0.39 is 0 Å². The van der Waals surface area contributed by atoms with Crippen LogP contribution in [0.1, 0.15) is 36.9 Å². The van der Waals surface area contributed by atoms with Gasteiger partial charge in [0.25, 0.3) is 0 Å². The van der Waals surface area contributed by atoms with Gasteiger partial charge in [-0.25, -0.2) is 0 Å². The van der Waals surface area contributed by atoms with Crippen molar-refractivity contribution < 1.29 is 0 Å². The predicted octanol–water partition coefficient (Wildman–Crippen LogP) is 3.97. The van der Waals surface area contributed by atoms with Gasteiger partial charge in [-0.1, -0.05) is 6.92 Å². The molecule has 18 heavy (non-hydrogen) atoms. The van der Waals surface area contributed by atoms with Crippen molar-refractivity contribution in [2.45, 2.75) is 39.4 Å². The largest absolute Gasteiger partial charge is 0.306 e. The number of hydrogen-bond acceptors (Lipinski definition) is 3. The van der Waals surface area contributed by atoms with Gasteiger partial charge in [-0.3, -0.25) is 4.68 Å². The maximum atomic E-state index is 4.57. The van der Waals surface area contributed by atoms with Crippen LogP contribution in [0.2, 0.25) is 0 Å². The van der Waals surface area contributed by atoms with Gasteiger partial charge in [-0.15, -0.1) is 11.3 Å². The van der Waals surface area contributed by atoms with Crippen LogP contribution < -0.4 is 5.32 Å². The maximum absolute atomic E-state index is 4.57. The van der Waals surface area contributed by atoms with Crippen molar-refractivity contribution in [3.05, 3.63) is 38.8 Å². The quantitative estimate of drug-likeness (QED) is 0.870. The van der Waals surface area contributed by atoms with E-state index >= 15 is 0 Å². The zero-order valence-corrected chi connectivity index (χ0v) is 13.1. The van der Waals surface area contributed by atoms with E-state index in [-0.39, 0.29) is 0 Å². The second-order valence-electron chi connectivity index (χ2n) is 4.34. The summed E-state index contributed by atoms with van der Waals surface area (Å²) in [6.45, 7) is 6.06. The van der Waals surface area contributed by atoms with Crippen molar-refractivity contribution in [2.75, 3.05) is 0 Å². The van der Waals surface area contributed by atoms with Crippen LogP contribution >= 0.6 is 27.3 Å². The molecule has 2 heterocycles. The minimum atomic E-state index is 0.477. The van der Waals surface area contributed by atoms with Crippen LogP contribution in [0.25, 0.3) is 0 Å². The number of rotatable bonds is 6. The fraction of sp³-hybridized carbons (Fsp3) is 0.462. The Labute approximate surface area is 120 Å². The molecule has 0 saturated heterocycles. The molecule has 1 unspecified atom stereocenters. The minimum Gasteiger partial charge on any atom is -0.306 e. The van der Waals surface area contributed by atoms with Crippen molar-refractivity contribution in [3.8, 4) is 0 Å². The molecule has 0 aromatic carbocycles. The van der Waals surface area contributed by atoms with Crippen molar-refractivity contribution in [1.82, 2.24) is 15.1 Å². The summed E-state index contributed by atoms with van der Waals surface area (Å²) in [5.41, 5.74) is 1.10. The van der Waals surface area contributed by atoms with E-state index in [0.717, 1.165) is 25.2 Å². The molecule has 5 heteroatoms. The summed E-state index contributed by atoms with van der Waals surface area (Å²) < 4.78 is 3.23. The average molecular weight is 328 g/mol. The van der Waals surface area contributed by atoms with Crippen molar-refractivity contribution in [1.29, 1.82) is 0 Å². The molecule has 0 spiro atoms. The zero-order valence-electron chi connectivity index (χ0n) is 10.7. The number of nitrogens with zero attached hydrogens (tertiary/aromatic N) is 2. The lowest BCUT2D eigenvalue weighted by atomic mass is 10.3. The Balaban J connectivity index is 1.83. The molecule has 0 bridgehead atoms. The van der Waals surface area contributed by atoms with Crippen LogP contribution in [0.4, 0.5) is 0 Å². The first kappa shape index (κ1) is 13.8. The molecule has 0 saturated carbocycles. The first-order valence-electron chi connectivity index (χ1n) is 6.17. The second-order valence-corrected chi connectivity index (χ2v) is 6.19. The predicted molar refractivity (Wildman–Crippen MR) is 79.8 cm³/mol. The molecular weight excluding hydrogens is 310 g/mol.